The number of carbonyl (C=O) groups is 1. The lowest BCUT2D eigenvalue weighted by atomic mass is 10.1. The summed E-state index contributed by atoms with van der Waals surface area (Å²) in [5.74, 6) is 0.311. The van der Waals surface area contributed by atoms with Crippen LogP contribution >= 0.6 is 0 Å². The molecule has 1 aromatic heterocycles. The van der Waals surface area contributed by atoms with Crippen LogP contribution in [-0.2, 0) is 11.2 Å². The number of amides is 1. The normalized spacial score (nSPS) is 17.1. The van der Waals surface area contributed by atoms with Gasteiger partial charge in [-0.2, -0.15) is 0 Å². The number of nitrogens with one attached hydrogen (secondary N) is 1. The molecule has 0 radical (unpaired) electrons. The van der Waals surface area contributed by atoms with Crippen molar-refractivity contribution >= 4 is 11.9 Å². The molecule has 1 fully saturated rings. The van der Waals surface area contributed by atoms with E-state index >= 15 is 0 Å². The number of aromatic nitrogens is 2. The smallest absolute Gasteiger partial charge is 0.227 e. The minimum Gasteiger partial charge on any atom is -0.352 e. The summed E-state index contributed by atoms with van der Waals surface area (Å²) in [6.45, 7) is 3.28. The van der Waals surface area contributed by atoms with Crippen LogP contribution in [0.2, 0.25) is 0 Å². The number of benzene rings is 1. The maximum Gasteiger partial charge on any atom is 0.227 e. The second-order valence-electron chi connectivity index (χ2n) is 6.09. The van der Waals surface area contributed by atoms with Crippen molar-refractivity contribution in [2.75, 3.05) is 18.4 Å². The second-order valence-corrected chi connectivity index (χ2v) is 6.09. The van der Waals surface area contributed by atoms with Crippen molar-refractivity contribution in [3.63, 3.8) is 0 Å². The quantitative estimate of drug-likeness (QED) is 0.916. The van der Waals surface area contributed by atoms with Crippen molar-refractivity contribution in [1.29, 1.82) is 0 Å². The van der Waals surface area contributed by atoms with E-state index in [2.05, 4.69) is 15.3 Å². The highest BCUT2D eigenvalue weighted by atomic mass is 19.1. The van der Waals surface area contributed by atoms with Gasteiger partial charge in [0.15, 0.2) is 0 Å². The topological polar surface area (TPSA) is 58.1 Å². The largest absolute Gasteiger partial charge is 0.352 e. The number of carbonyl (C=O) groups excluding carboxylic acids is 1. The van der Waals surface area contributed by atoms with Crippen LogP contribution in [0.15, 0.2) is 36.5 Å². The van der Waals surface area contributed by atoms with E-state index < -0.39 is 0 Å². The molecule has 1 saturated heterocycles. The van der Waals surface area contributed by atoms with Crippen LogP contribution in [0.5, 0.6) is 0 Å². The summed E-state index contributed by atoms with van der Waals surface area (Å²) in [6.07, 6.45) is 3.88. The first kappa shape index (κ1) is 16.4. The summed E-state index contributed by atoms with van der Waals surface area (Å²) in [5.41, 5.74) is 1.61. The van der Waals surface area contributed by atoms with Crippen LogP contribution < -0.4 is 5.32 Å². The van der Waals surface area contributed by atoms with E-state index in [9.17, 15) is 9.18 Å². The fourth-order valence-electron chi connectivity index (χ4n) is 3.04. The number of hydrogen-bond donors (Lipinski definition) is 1. The van der Waals surface area contributed by atoms with Crippen molar-refractivity contribution in [3.05, 3.63) is 53.6 Å². The maximum absolute atomic E-state index is 13.3. The van der Waals surface area contributed by atoms with E-state index in [1.54, 1.807) is 18.3 Å². The molecule has 3 rings (SSSR count). The van der Waals surface area contributed by atoms with Crippen LogP contribution in [0.1, 0.15) is 24.1 Å². The second kappa shape index (κ2) is 7.38. The Bertz CT molecular complexity index is 722. The molecular formula is C18H21FN4O. The maximum atomic E-state index is 13.3. The van der Waals surface area contributed by atoms with Crippen molar-refractivity contribution < 1.29 is 9.18 Å². The van der Waals surface area contributed by atoms with Gasteiger partial charge in [-0.1, -0.05) is 12.1 Å². The van der Waals surface area contributed by atoms with Crippen molar-refractivity contribution in [3.8, 4) is 0 Å². The third kappa shape index (κ3) is 4.07. The third-order valence-electron chi connectivity index (χ3n) is 4.23. The fraction of sp³-hybridized carbons (Fsp3) is 0.389. The fourth-order valence-corrected chi connectivity index (χ4v) is 3.04. The zero-order valence-corrected chi connectivity index (χ0v) is 13.7. The van der Waals surface area contributed by atoms with Crippen molar-refractivity contribution in [2.24, 2.45) is 0 Å². The summed E-state index contributed by atoms with van der Waals surface area (Å²) < 4.78 is 13.3. The minimum absolute atomic E-state index is 0.0371. The number of rotatable bonds is 5. The Morgan fingerprint density at radius 3 is 3.08 bits per heavy atom. The molecule has 0 spiro atoms. The van der Waals surface area contributed by atoms with Gasteiger partial charge in [-0.25, -0.2) is 14.4 Å². The number of hydrogen-bond acceptors (Lipinski definition) is 4. The van der Waals surface area contributed by atoms with E-state index in [-0.39, 0.29) is 24.2 Å². The molecule has 1 aromatic carbocycles. The first-order chi connectivity index (χ1) is 11.6. The van der Waals surface area contributed by atoms with E-state index in [1.165, 1.54) is 12.1 Å². The number of nitrogens with zero attached hydrogens (tertiary/aromatic N) is 3. The first-order valence-electron chi connectivity index (χ1n) is 8.19. The predicted octanol–water partition coefficient (Wildman–Crippen LogP) is 2.57. The summed E-state index contributed by atoms with van der Waals surface area (Å²) in [4.78, 5) is 22.9. The lowest BCUT2D eigenvalue weighted by Gasteiger charge is -2.25. The van der Waals surface area contributed by atoms with Crippen molar-refractivity contribution in [1.82, 2.24) is 14.9 Å². The van der Waals surface area contributed by atoms with Gasteiger partial charge >= 0.3 is 0 Å². The summed E-state index contributed by atoms with van der Waals surface area (Å²) >= 11 is 0. The molecule has 0 bridgehead atoms. The molecule has 126 valence electrons. The van der Waals surface area contributed by atoms with Gasteiger partial charge in [0.2, 0.25) is 11.9 Å². The van der Waals surface area contributed by atoms with Gasteiger partial charge < -0.3 is 10.2 Å². The van der Waals surface area contributed by atoms with E-state index in [0.717, 1.165) is 25.1 Å². The molecule has 0 saturated carbocycles. The van der Waals surface area contributed by atoms with Gasteiger partial charge in [0, 0.05) is 31.0 Å². The summed E-state index contributed by atoms with van der Waals surface area (Å²) in [7, 11) is 0. The average molecular weight is 328 g/mol. The molecule has 2 heterocycles. The highest BCUT2D eigenvalue weighted by molar-refractivity contribution is 5.79. The van der Waals surface area contributed by atoms with Crippen LogP contribution in [0.25, 0.3) is 0 Å². The highest BCUT2D eigenvalue weighted by Crippen LogP contribution is 2.19. The first-order valence-corrected chi connectivity index (χ1v) is 8.19. The number of halogens is 1. The third-order valence-corrected chi connectivity index (χ3v) is 4.23. The van der Waals surface area contributed by atoms with Crippen LogP contribution in [0.4, 0.5) is 10.3 Å². The van der Waals surface area contributed by atoms with Crippen molar-refractivity contribution in [2.45, 2.75) is 32.2 Å². The van der Waals surface area contributed by atoms with Gasteiger partial charge in [-0.15, -0.1) is 0 Å². The van der Waals surface area contributed by atoms with E-state index in [1.807, 2.05) is 17.9 Å². The average Bonchev–Trinajstić information content (AvgIpc) is 3.02. The molecule has 2 aromatic rings. The summed E-state index contributed by atoms with van der Waals surface area (Å²) in [5, 5.41) is 3.21. The van der Waals surface area contributed by atoms with E-state index in [0.29, 0.717) is 18.1 Å². The van der Waals surface area contributed by atoms with Crippen LogP contribution in [0, 0.1) is 12.7 Å². The van der Waals surface area contributed by atoms with E-state index in [4.69, 9.17) is 0 Å². The Labute approximate surface area is 140 Å². The molecule has 24 heavy (non-hydrogen) atoms. The lowest BCUT2D eigenvalue weighted by molar-refractivity contribution is -0.131. The Morgan fingerprint density at radius 2 is 2.29 bits per heavy atom. The number of anilines is 1. The van der Waals surface area contributed by atoms with Gasteiger partial charge in [-0.3, -0.25) is 4.79 Å². The molecule has 6 heteroatoms. The van der Waals surface area contributed by atoms with Gasteiger partial charge in [0.25, 0.3) is 0 Å². The molecule has 0 unspecified atom stereocenters. The highest BCUT2D eigenvalue weighted by Gasteiger charge is 2.28. The predicted molar refractivity (Wildman–Crippen MR) is 90.1 cm³/mol. The molecular weight excluding hydrogens is 307 g/mol. The zero-order chi connectivity index (χ0) is 16.9. The molecule has 1 atom stereocenters. The molecule has 1 amide bonds. The molecule has 1 aliphatic rings. The Kier molecular flexibility index (Phi) is 5.03. The molecule has 0 aliphatic carbocycles. The Hall–Kier alpha value is -2.50. The van der Waals surface area contributed by atoms with Gasteiger partial charge in [-0.05, 0) is 43.5 Å². The molecule has 1 aliphatic heterocycles. The standard InChI is InChI=1S/C18H21FN4O/c1-13-7-8-20-18(22-13)21-12-16-6-3-9-23(16)17(24)11-14-4-2-5-15(19)10-14/h2,4-5,7-8,10,16H,3,6,9,11-12H2,1H3,(H,20,21,22)/t16-/m1/s1. The molecule has 1 N–H and O–H groups in total. The van der Waals surface area contributed by atoms with Gasteiger partial charge in [0.05, 0.1) is 6.42 Å². The lowest BCUT2D eigenvalue weighted by Crippen LogP contribution is -2.40. The molecule has 5 nitrogen and oxygen atoms in total. The number of likely N-dealkylation sites (tertiary alicyclic amines) is 1. The van der Waals surface area contributed by atoms with Crippen LogP contribution in [-0.4, -0.2) is 39.9 Å². The monoisotopic (exact) mass is 328 g/mol. The SMILES string of the molecule is Cc1ccnc(NC[C@H]2CCCN2C(=O)Cc2cccc(F)c2)n1. The Morgan fingerprint density at radius 1 is 1.42 bits per heavy atom. The number of aryl methyl sites for hydroxylation is 1. The van der Waals surface area contributed by atoms with Gasteiger partial charge in [0.1, 0.15) is 5.82 Å². The zero-order valence-electron chi connectivity index (χ0n) is 13.7. The van der Waals surface area contributed by atoms with Crippen LogP contribution in [0.3, 0.4) is 0 Å². The summed E-state index contributed by atoms with van der Waals surface area (Å²) in [6, 6.07) is 8.19. The minimum atomic E-state index is -0.309. The Balaban J connectivity index is 1.59.